The lowest BCUT2D eigenvalue weighted by Crippen LogP contribution is -2.31. The molecule has 0 heterocycles. The van der Waals surface area contributed by atoms with Gasteiger partial charge in [-0.1, -0.05) is 36.4 Å². The van der Waals surface area contributed by atoms with Gasteiger partial charge in [0.05, 0.1) is 0 Å². The molecule has 0 aromatic heterocycles. The fraction of sp³-hybridized carbons (Fsp3) is 0.357. The fourth-order valence-electron chi connectivity index (χ4n) is 1.54. The summed E-state index contributed by atoms with van der Waals surface area (Å²) in [5.74, 6) is 0.0174. The van der Waals surface area contributed by atoms with Gasteiger partial charge < -0.3 is 11.1 Å². The first-order valence-corrected chi connectivity index (χ1v) is 5.86. The van der Waals surface area contributed by atoms with Gasteiger partial charge in [0.1, 0.15) is 0 Å². The molecule has 0 saturated heterocycles. The molecule has 0 aliphatic carbocycles. The number of carbonyl (C=O) groups excluding carboxylic acids is 1. The van der Waals surface area contributed by atoms with Crippen molar-refractivity contribution in [3.05, 3.63) is 48.6 Å². The highest BCUT2D eigenvalue weighted by Gasteiger charge is 2.09. The third kappa shape index (κ3) is 4.83. The number of rotatable bonds is 6. The topological polar surface area (TPSA) is 55.1 Å². The molecule has 0 fully saturated rings. The molecule has 2 unspecified atom stereocenters. The van der Waals surface area contributed by atoms with Gasteiger partial charge in [-0.25, -0.2) is 0 Å². The van der Waals surface area contributed by atoms with Gasteiger partial charge in [0, 0.05) is 18.5 Å². The number of carbonyl (C=O) groups is 1. The van der Waals surface area contributed by atoms with Crippen LogP contribution in [0.2, 0.25) is 0 Å². The zero-order valence-electron chi connectivity index (χ0n) is 10.2. The molecule has 92 valence electrons. The predicted molar refractivity (Wildman–Crippen MR) is 70.4 cm³/mol. The van der Waals surface area contributed by atoms with E-state index in [4.69, 9.17) is 5.73 Å². The van der Waals surface area contributed by atoms with Crippen molar-refractivity contribution in [2.45, 2.75) is 31.8 Å². The normalized spacial score (nSPS) is 13.8. The standard InChI is InChI=1S/C14H20N2O/c1-3-11(2)16-14(17)10-9-13(15)12-7-5-4-6-8-12/h3-8,11,13H,1,9-10,15H2,2H3,(H,16,17). The van der Waals surface area contributed by atoms with Crippen LogP contribution >= 0.6 is 0 Å². The molecule has 1 aromatic rings. The Labute approximate surface area is 103 Å². The van der Waals surface area contributed by atoms with Crippen LogP contribution in [0, 0.1) is 0 Å². The molecule has 0 aliphatic rings. The Hall–Kier alpha value is -1.61. The van der Waals surface area contributed by atoms with E-state index < -0.39 is 0 Å². The van der Waals surface area contributed by atoms with Crippen LogP contribution in [0.3, 0.4) is 0 Å². The van der Waals surface area contributed by atoms with E-state index in [0.29, 0.717) is 12.8 Å². The summed E-state index contributed by atoms with van der Waals surface area (Å²) >= 11 is 0. The molecule has 1 aromatic carbocycles. The molecule has 3 N–H and O–H groups in total. The SMILES string of the molecule is C=CC(C)NC(=O)CCC(N)c1ccccc1. The van der Waals surface area contributed by atoms with Gasteiger partial charge in [0.2, 0.25) is 5.91 Å². The summed E-state index contributed by atoms with van der Waals surface area (Å²) in [4.78, 5) is 11.5. The highest BCUT2D eigenvalue weighted by Crippen LogP contribution is 2.14. The van der Waals surface area contributed by atoms with E-state index in [1.54, 1.807) is 6.08 Å². The van der Waals surface area contributed by atoms with Gasteiger partial charge in [-0.2, -0.15) is 0 Å². The van der Waals surface area contributed by atoms with Crippen LogP contribution < -0.4 is 11.1 Å². The van der Waals surface area contributed by atoms with Gasteiger partial charge in [-0.05, 0) is 18.9 Å². The summed E-state index contributed by atoms with van der Waals surface area (Å²) in [7, 11) is 0. The first kappa shape index (κ1) is 13.5. The largest absolute Gasteiger partial charge is 0.350 e. The fourth-order valence-corrected chi connectivity index (χ4v) is 1.54. The second-order valence-electron chi connectivity index (χ2n) is 4.15. The summed E-state index contributed by atoms with van der Waals surface area (Å²) in [5, 5.41) is 2.82. The molecule has 1 amide bonds. The van der Waals surface area contributed by atoms with Crippen LogP contribution in [0.25, 0.3) is 0 Å². The van der Waals surface area contributed by atoms with Crippen LogP contribution in [0.1, 0.15) is 31.4 Å². The molecule has 17 heavy (non-hydrogen) atoms. The van der Waals surface area contributed by atoms with E-state index in [2.05, 4.69) is 11.9 Å². The Bertz CT molecular complexity index is 362. The summed E-state index contributed by atoms with van der Waals surface area (Å²) in [6, 6.07) is 9.75. The van der Waals surface area contributed by atoms with E-state index in [1.165, 1.54) is 0 Å². The number of hydrogen-bond acceptors (Lipinski definition) is 2. The lowest BCUT2D eigenvalue weighted by Gasteiger charge is -2.13. The average Bonchev–Trinajstić information content (AvgIpc) is 2.36. The summed E-state index contributed by atoms with van der Waals surface area (Å²) in [5.41, 5.74) is 7.07. The van der Waals surface area contributed by atoms with E-state index in [-0.39, 0.29) is 18.0 Å². The average molecular weight is 232 g/mol. The minimum Gasteiger partial charge on any atom is -0.350 e. The van der Waals surface area contributed by atoms with E-state index in [9.17, 15) is 4.79 Å². The number of nitrogens with two attached hydrogens (primary N) is 1. The molecule has 0 aliphatic heterocycles. The van der Waals surface area contributed by atoms with Crippen molar-refractivity contribution in [2.75, 3.05) is 0 Å². The maximum absolute atomic E-state index is 11.5. The predicted octanol–water partition coefficient (Wildman–Crippen LogP) is 2.16. The molecule has 3 heteroatoms. The van der Waals surface area contributed by atoms with E-state index in [0.717, 1.165) is 5.56 Å². The number of hydrogen-bond donors (Lipinski definition) is 2. The quantitative estimate of drug-likeness (QED) is 0.738. The molecule has 0 radical (unpaired) electrons. The monoisotopic (exact) mass is 232 g/mol. The van der Waals surface area contributed by atoms with Crippen LogP contribution in [-0.2, 0) is 4.79 Å². The summed E-state index contributed by atoms with van der Waals surface area (Å²) in [6.07, 6.45) is 2.79. The van der Waals surface area contributed by atoms with Crippen molar-refractivity contribution in [3.8, 4) is 0 Å². The number of nitrogens with one attached hydrogen (secondary N) is 1. The van der Waals surface area contributed by atoms with Crippen molar-refractivity contribution < 1.29 is 4.79 Å². The lowest BCUT2D eigenvalue weighted by atomic mass is 10.0. The Morgan fingerprint density at radius 2 is 2.12 bits per heavy atom. The van der Waals surface area contributed by atoms with Gasteiger partial charge in [0.15, 0.2) is 0 Å². The Morgan fingerprint density at radius 3 is 2.71 bits per heavy atom. The van der Waals surface area contributed by atoms with E-state index in [1.807, 2.05) is 37.3 Å². The smallest absolute Gasteiger partial charge is 0.220 e. The Balaban J connectivity index is 2.36. The Kier molecular flexibility index (Phi) is 5.43. The first-order valence-electron chi connectivity index (χ1n) is 5.86. The van der Waals surface area contributed by atoms with E-state index >= 15 is 0 Å². The van der Waals surface area contributed by atoms with Crippen molar-refractivity contribution in [2.24, 2.45) is 5.73 Å². The van der Waals surface area contributed by atoms with Crippen molar-refractivity contribution in [3.63, 3.8) is 0 Å². The molecular weight excluding hydrogens is 212 g/mol. The zero-order valence-corrected chi connectivity index (χ0v) is 10.2. The molecule has 0 bridgehead atoms. The summed E-state index contributed by atoms with van der Waals surface area (Å²) in [6.45, 7) is 5.51. The molecule has 1 rings (SSSR count). The first-order chi connectivity index (χ1) is 8.13. The minimum atomic E-state index is -0.0824. The highest BCUT2D eigenvalue weighted by molar-refractivity contribution is 5.76. The highest BCUT2D eigenvalue weighted by atomic mass is 16.1. The van der Waals surface area contributed by atoms with Gasteiger partial charge in [0.25, 0.3) is 0 Å². The molecule has 2 atom stereocenters. The maximum atomic E-state index is 11.5. The zero-order chi connectivity index (χ0) is 12.7. The molecule has 0 spiro atoms. The van der Waals surface area contributed by atoms with Crippen molar-refractivity contribution in [1.82, 2.24) is 5.32 Å². The van der Waals surface area contributed by atoms with Gasteiger partial charge >= 0.3 is 0 Å². The third-order valence-corrected chi connectivity index (χ3v) is 2.65. The minimum absolute atomic E-state index is 0.00968. The van der Waals surface area contributed by atoms with Gasteiger partial charge in [-0.15, -0.1) is 6.58 Å². The van der Waals surface area contributed by atoms with Crippen LogP contribution in [0.15, 0.2) is 43.0 Å². The lowest BCUT2D eigenvalue weighted by molar-refractivity contribution is -0.121. The second-order valence-corrected chi connectivity index (χ2v) is 4.15. The van der Waals surface area contributed by atoms with Crippen LogP contribution in [-0.4, -0.2) is 11.9 Å². The molecular formula is C14H20N2O. The number of amides is 1. The van der Waals surface area contributed by atoms with Crippen molar-refractivity contribution in [1.29, 1.82) is 0 Å². The van der Waals surface area contributed by atoms with Crippen LogP contribution in [0.5, 0.6) is 0 Å². The Morgan fingerprint density at radius 1 is 1.47 bits per heavy atom. The molecule has 3 nitrogen and oxygen atoms in total. The van der Waals surface area contributed by atoms with Gasteiger partial charge in [-0.3, -0.25) is 4.79 Å². The molecule has 0 saturated carbocycles. The van der Waals surface area contributed by atoms with Crippen LogP contribution in [0.4, 0.5) is 0 Å². The third-order valence-electron chi connectivity index (χ3n) is 2.65. The van der Waals surface area contributed by atoms with Crippen molar-refractivity contribution >= 4 is 5.91 Å². The maximum Gasteiger partial charge on any atom is 0.220 e. The second kappa shape index (κ2) is 6.86. The summed E-state index contributed by atoms with van der Waals surface area (Å²) < 4.78 is 0. The number of benzene rings is 1.